The Hall–Kier alpha value is -0.980. The van der Waals surface area contributed by atoms with Crippen LogP contribution < -0.4 is 5.32 Å². The monoisotopic (exact) mass is 175 g/mol. The van der Waals surface area contributed by atoms with Crippen molar-refractivity contribution in [2.24, 2.45) is 5.92 Å². The van der Waals surface area contributed by atoms with Gasteiger partial charge in [0.05, 0.1) is 0 Å². The van der Waals surface area contributed by atoms with Gasteiger partial charge in [-0.05, 0) is 30.9 Å². The average molecular weight is 175 g/mol. The fraction of sp³-hybridized carbons (Fsp3) is 0.500. The average Bonchev–Trinajstić information content (AvgIpc) is 2.16. The molecule has 0 aromatic heterocycles. The highest BCUT2D eigenvalue weighted by atomic mass is 14.9. The summed E-state index contributed by atoms with van der Waals surface area (Å²) >= 11 is 0. The Morgan fingerprint density at radius 2 is 2.31 bits per heavy atom. The maximum Gasteiger partial charge on any atom is 0.0373 e. The molecule has 1 atom stereocenters. The third-order valence-corrected chi connectivity index (χ3v) is 2.93. The summed E-state index contributed by atoms with van der Waals surface area (Å²) < 4.78 is 0. The molecular weight excluding hydrogens is 158 g/mol. The van der Waals surface area contributed by atoms with Crippen molar-refractivity contribution in [3.63, 3.8) is 0 Å². The van der Waals surface area contributed by atoms with Crippen LogP contribution >= 0.6 is 0 Å². The summed E-state index contributed by atoms with van der Waals surface area (Å²) in [5.74, 6) is 0.828. The van der Waals surface area contributed by atoms with Gasteiger partial charge in [-0.2, -0.15) is 0 Å². The summed E-state index contributed by atoms with van der Waals surface area (Å²) in [4.78, 5) is 0. The Morgan fingerprint density at radius 1 is 1.46 bits per heavy atom. The van der Waals surface area contributed by atoms with Crippen LogP contribution in [-0.4, -0.2) is 6.54 Å². The van der Waals surface area contributed by atoms with E-state index in [-0.39, 0.29) is 0 Å². The number of fused-ring (bicyclic) bond motifs is 1. The highest BCUT2D eigenvalue weighted by Gasteiger charge is 2.15. The summed E-state index contributed by atoms with van der Waals surface area (Å²) in [5, 5.41) is 3.49. The van der Waals surface area contributed by atoms with Gasteiger partial charge < -0.3 is 5.32 Å². The van der Waals surface area contributed by atoms with Crippen molar-refractivity contribution in [2.45, 2.75) is 26.7 Å². The summed E-state index contributed by atoms with van der Waals surface area (Å²) in [7, 11) is 0. The van der Waals surface area contributed by atoms with Crippen molar-refractivity contribution in [2.75, 3.05) is 11.9 Å². The highest BCUT2D eigenvalue weighted by molar-refractivity contribution is 5.54. The van der Waals surface area contributed by atoms with Crippen LogP contribution in [-0.2, 0) is 6.42 Å². The Labute approximate surface area is 80.2 Å². The summed E-state index contributed by atoms with van der Waals surface area (Å²) in [6.07, 6.45) is 2.53. The molecule has 0 amide bonds. The van der Waals surface area contributed by atoms with E-state index in [1.54, 1.807) is 0 Å². The fourth-order valence-electron chi connectivity index (χ4n) is 1.99. The van der Waals surface area contributed by atoms with Crippen LogP contribution in [0.3, 0.4) is 0 Å². The Morgan fingerprint density at radius 3 is 3.08 bits per heavy atom. The van der Waals surface area contributed by atoms with Crippen molar-refractivity contribution in [3.8, 4) is 0 Å². The Kier molecular flexibility index (Phi) is 2.26. The molecule has 0 bridgehead atoms. The van der Waals surface area contributed by atoms with E-state index in [0.717, 1.165) is 12.5 Å². The number of hydrogen-bond donors (Lipinski definition) is 1. The third-order valence-electron chi connectivity index (χ3n) is 2.93. The molecule has 0 saturated heterocycles. The van der Waals surface area contributed by atoms with Gasteiger partial charge in [-0.3, -0.25) is 0 Å². The summed E-state index contributed by atoms with van der Waals surface area (Å²) in [6, 6.07) is 6.69. The fourth-order valence-corrected chi connectivity index (χ4v) is 1.99. The van der Waals surface area contributed by atoms with E-state index in [9.17, 15) is 0 Å². The largest absolute Gasteiger partial charge is 0.385 e. The topological polar surface area (TPSA) is 12.0 Å². The lowest BCUT2D eigenvalue weighted by atomic mass is 9.91. The van der Waals surface area contributed by atoms with Crippen LogP contribution in [0.2, 0.25) is 0 Å². The SMILES string of the molecule is CCC1CNc2ccc(C)cc2C1. The second-order valence-electron chi connectivity index (χ2n) is 4.02. The van der Waals surface area contributed by atoms with Crippen LogP contribution in [0, 0.1) is 12.8 Å². The minimum atomic E-state index is 0.828. The number of hydrogen-bond acceptors (Lipinski definition) is 1. The van der Waals surface area contributed by atoms with Crippen molar-refractivity contribution in [3.05, 3.63) is 29.3 Å². The predicted molar refractivity (Wildman–Crippen MR) is 57.2 cm³/mol. The lowest BCUT2D eigenvalue weighted by Crippen LogP contribution is -2.22. The molecule has 1 aromatic carbocycles. The van der Waals surface area contributed by atoms with Gasteiger partial charge in [-0.1, -0.05) is 31.0 Å². The van der Waals surface area contributed by atoms with Crippen LogP contribution in [0.15, 0.2) is 18.2 Å². The van der Waals surface area contributed by atoms with Crippen molar-refractivity contribution in [1.29, 1.82) is 0 Å². The van der Waals surface area contributed by atoms with Crippen molar-refractivity contribution >= 4 is 5.69 Å². The lowest BCUT2D eigenvalue weighted by molar-refractivity contribution is 0.520. The van der Waals surface area contributed by atoms with E-state index in [4.69, 9.17) is 0 Å². The molecule has 1 aromatic rings. The first kappa shape index (κ1) is 8.61. The first-order chi connectivity index (χ1) is 6.29. The molecule has 1 N–H and O–H groups in total. The second-order valence-corrected chi connectivity index (χ2v) is 4.02. The lowest BCUT2D eigenvalue weighted by Gasteiger charge is -2.25. The standard InChI is InChI=1S/C12H17N/c1-3-10-7-11-6-9(2)4-5-12(11)13-8-10/h4-6,10,13H,3,7-8H2,1-2H3. The molecule has 1 aliphatic rings. The summed E-state index contributed by atoms with van der Waals surface area (Å²) in [5.41, 5.74) is 4.21. The van der Waals surface area contributed by atoms with Gasteiger partial charge >= 0.3 is 0 Å². The van der Waals surface area contributed by atoms with Crippen LogP contribution in [0.5, 0.6) is 0 Å². The van der Waals surface area contributed by atoms with Gasteiger partial charge in [-0.25, -0.2) is 0 Å². The summed E-state index contributed by atoms with van der Waals surface area (Å²) in [6.45, 7) is 5.58. The predicted octanol–water partition coefficient (Wildman–Crippen LogP) is 2.99. The first-order valence-electron chi connectivity index (χ1n) is 5.13. The van der Waals surface area contributed by atoms with E-state index in [0.29, 0.717) is 0 Å². The number of rotatable bonds is 1. The zero-order valence-corrected chi connectivity index (χ0v) is 8.43. The van der Waals surface area contributed by atoms with E-state index in [1.807, 2.05) is 0 Å². The van der Waals surface area contributed by atoms with Crippen LogP contribution in [0.1, 0.15) is 24.5 Å². The maximum atomic E-state index is 3.49. The van der Waals surface area contributed by atoms with Gasteiger partial charge in [0, 0.05) is 12.2 Å². The van der Waals surface area contributed by atoms with E-state index in [2.05, 4.69) is 37.4 Å². The molecule has 0 radical (unpaired) electrons. The van der Waals surface area contributed by atoms with Crippen LogP contribution in [0.25, 0.3) is 0 Å². The Balaban J connectivity index is 2.27. The van der Waals surface area contributed by atoms with Crippen LogP contribution in [0.4, 0.5) is 5.69 Å². The zero-order chi connectivity index (χ0) is 9.26. The molecule has 0 aliphatic carbocycles. The van der Waals surface area contributed by atoms with Gasteiger partial charge in [-0.15, -0.1) is 0 Å². The number of nitrogens with one attached hydrogen (secondary N) is 1. The Bertz CT molecular complexity index is 304. The van der Waals surface area contributed by atoms with Gasteiger partial charge in [0.25, 0.3) is 0 Å². The highest BCUT2D eigenvalue weighted by Crippen LogP contribution is 2.26. The van der Waals surface area contributed by atoms with E-state index >= 15 is 0 Å². The van der Waals surface area contributed by atoms with Gasteiger partial charge in [0.1, 0.15) is 0 Å². The molecule has 1 unspecified atom stereocenters. The van der Waals surface area contributed by atoms with Crippen molar-refractivity contribution < 1.29 is 0 Å². The van der Waals surface area contributed by atoms with E-state index < -0.39 is 0 Å². The molecule has 13 heavy (non-hydrogen) atoms. The molecule has 1 heterocycles. The minimum Gasteiger partial charge on any atom is -0.385 e. The number of anilines is 1. The minimum absolute atomic E-state index is 0.828. The van der Waals surface area contributed by atoms with Gasteiger partial charge in [0.15, 0.2) is 0 Å². The first-order valence-corrected chi connectivity index (χ1v) is 5.13. The maximum absolute atomic E-state index is 3.49. The molecule has 1 heteroatoms. The molecule has 1 aliphatic heterocycles. The molecule has 2 rings (SSSR count). The molecule has 0 fully saturated rings. The normalized spacial score (nSPS) is 20.6. The number of aryl methyl sites for hydroxylation is 1. The number of benzene rings is 1. The third kappa shape index (κ3) is 1.69. The zero-order valence-electron chi connectivity index (χ0n) is 8.43. The molecule has 70 valence electrons. The second kappa shape index (κ2) is 3.41. The quantitative estimate of drug-likeness (QED) is 0.692. The van der Waals surface area contributed by atoms with Gasteiger partial charge in [0.2, 0.25) is 0 Å². The molecule has 0 spiro atoms. The molecule has 0 saturated carbocycles. The molecule has 1 nitrogen and oxygen atoms in total. The molecular formula is C12H17N. The van der Waals surface area contributed by atoms with Crippen molar-refractivity contribution in [1.82, 2.24) is 0 Å². The smallest absolute Gasteiger partial charge is 0.0373 e. The van der Waals surface area contributed by atoms with E-state index in [1.165, 1.54) is 29.7 Å².